The van der Waals surface area contributed by atoms with Gasteiger partial charge in [0.05, 0.1) is 11.1 Å². The zero-order valence-electron chi connectivity index (χ0n) is 11.1. The number of carboxylic acids is 2. The van der Waals surface area contributed by atoms with E-state index in [1.54, 1.807) is 24.3 Å². The van der Waals surface area contributed by atoms with Crippen LogP contribution >= 0.6 is 45.2 Å². The molecule has 2 rings (SSSR count). The smallest absolute Gasteiger partial charge is 0.337 e. The third-order valence-electron chi connectivity index (χ3n) is 2.49. The fourth-order valence-corrected chi connectivity index (χ4v) is 2.41. The maximum atomic E-state index is 10.5. The first kappa shape index (κ1) is 18.5. The Hall–Kier alpha value is -1.56. The van der Waals surface area contributed by atoms with Crippen LogP contribution in [0, 0.1) is 7.14 Å². The minimum Gasteiger partial charge on any atom is -0.478 e. The highest BCUT2D eigenvalue weighted by Gasteiger charge is 2.07. The molecule has 0 unspecified atom stereocenters. The molecule has 0 bridgehead atoms. The molecule has 0 radical (unpaired) electrons. The van der Waals surface area contributed by atoms with Crippen molar-refractivity contribution >= 4 is 68.5 Å². The van der Waals surface area contributed by atoms with Crippen LogP contribution in [0.1, 0.15) is 20.7 Å². The standard InChI is InChI=1S/2C7H6INO2/c2*8-4-1-2-6(9)5(3-4)7(10)11/h2*1-3H,9H2,(H,10,11). The number of carboxylic acid groups (broad SMARTS) is 2. The summed E-state index contributed by atoms with van der Waals surface area (Å²) in [7, 11) is 0. The van der Waals surface area contributed by atoms with Gasteiger partial charge in [0.1, 0.15) is 0 Å². The van der Waals surface area contributed by atoms with Crippen molar-refractivity contribution in [2.45, 2.75) is 0 Å². The lowest BCUT2D eigenvalue weighted by Gasteiger charge is -1.99. The summed E-state index contributed by atoms with van der Waals surface area (Å²) in [5, 5.41) is 17.2. The van der Waals surface area contributed by atoms with Crippen LogP contribution in [0.2, 0.25) is 0 Å². The zero-order chi connectivity index (χ0) is 16.9. The van der Waals surface area contributed by atoms with Gasteiger partial charge in [0.2, 0.25) is 0 Å². The highest BCUT2D eigenvalue weighted by Crippen LogP contribution is 2.15. The van der Waals surface area contributed by atoms with E-state index in [9.17, 15) is 9.59 Å². The van der Waals surface area contributed by atoms with E-state index in [2.05, 4.69) is 0 Å². The Bertz CT molecular complexity index is 658. The average molecular weight is 526 g/mol. The van der Waals surface area contributed by atoms with Crippen LogP contribution in [-0.2, 0) is 0 Å². The predicted molar refractivity (Wildman–Crippen MR) is 101 cm³/mol. The Morgan fingerprint density at radius 1 is 0.773 bits per heavy atom. The molecule has 0 aromatic heterocycles. The van der Waals surface area contributed by atoms with Gasteiger partial charge in [-0.25, -0.2) is 9.59 Å². The summed E-state index contributed by atoms with van der Waals surface area (Å²) in [5.74, 6) is -1.97. The minimum absolute atomic E-state index is 0.164. The third-order valence-corrected chi connectivity index (χ3v) is 3.83. The summed E-state index contributed by atoms with van der Waals surface area (Å²) in [4.78, 5) is 21.0. The molecule has 22 heavy (non-hydrogen) atoms. The van der Waals surface area contributed by atoms with E-state index in [-0.39, 0.29) is 11.1 Å². The van der Waals surface area contributed by atoms with Crippen LogP contribution in [0.15, 0.2) is 36.4 Å². The lowest BCUT2D eigenvalue weighted by molar-refractivity contribution is 0.0687. The van der Waals surface area contributed by atoms with E-state index < -0.39 is 11.9 Å². The van der Waals surface area contributed by atoms with E-state index in [1.165, 1.54) is 12.1 Å². The monoisotopic (exact) mass is 526 g/mol. The maximum Gasteiger partial charge on any atom is 0.337 e. The van der Waals surface area contributed by atoms with Gasteiger partial charge >= 0.3 is 11.9 Å². The number of benzene rings is 2. The molecule has 0 aliphatic heterocycles. The third kappa shape index (κ3) is 5.33. The van der Waals surface area contributed by atoms with Gasteiger partial charge in [-0.2, -0.15) is 0 Å². The van der Waals surface area contributed by atoms with Gasteiger partial charge in [-0.3, -0.25) is 0 Å². The SMILES string of the molecule is Nc1ccc(I)cc1C(=O)O.Nc1ccc(I)cc1C(=O)O. The van der Waals surface area contributed by atoms with Crippen LogP contribution in [0.3, 0.4) is 0 Å². The Morgan fingerprint density at radius 3 is 1.32 bits per heavy atom. The number of halogens is 2. The van der Waals surface area contributed by atoms with Gasteiger partial charge in [-0.1, -0.05) is 0 Å². The highest BCUT2D eigenvalue weighted by molar-refractivity contribution is 14.1. The van der Waals surface area contributed by atoms with Crippen molar-refractivity contribution in [1.29, 1.82) is 0 Å². The van der Waals surface area contributed by atoms with Crippen LogP contribution in [-0.4, -0.2) is 22.2 Å². The lowest BCUT2D eigenvalue weighted by Crippen LogP contribution is -2.02. The molecule has 8 heteroatoms. The van der Waals surface area contributed by atoms with Crippen LogP contribution < -0.4 is 11.5 Å². The van der Waals surface area contributed by atoms with Crippen molar-refractivity contribution in [2.24, 2.45) is 0 Å². The molecule has 2 aromatic carbocycles. The number of rotatable bonds is 2. The van der Waals surface area contributed by atoms with Crippen molar-refractivity contribution in [3.05, 3.63) is 54.7 Å². The van der Waals surface area contributed by atoms with E-state index in [0.717, 1.165) is 7.14 Å². The van der Waals surface area contributed by atoms with E-state index >= 15 is 0 Å². The largest absolute Gasteiger partial charge is 0.478 e. The topological polar surface area (TPSA) is 127 Å². The van der Waals surface area contributed by atoms with Crippen LogP contribution in [0.5, 0.6) is 0 Å². The van der Waals surface area contributed by atoms with Gasteiger partial charge in [0.15, 0.2) is 0 Å². The van der Waals surface area contributed by atoms with Crippen molar-refractivity contribution < 1.29 is 19.8 Å². The average Bonchev–Trinajstić information content (AvgIpc) is 2.44. The first-order chi connectivity index (χ1) is 10.2. The first-order valence-electron chi connectivity index (χ1n) is 5.79. The number of anilines is 2. The molecule has 0 amide bonds. The molecule has 0 saturated heterocycles. The number of hydrogen-bond acceptors (Lipinski definition) is 4. The van der Waals surface area contributed by atoms with Gasteiger partial charge in [-0.05, 0) is 81.6 Å². The molecule has 116 valence electrons. The first-order valence-corrected chi connectivity index (χ1v) is 7.94. The van der Waals surface area contributed by atoms with Crippen molar-refractivity contribution in [3.63, 3.8) is 0 Å². The second-order valence-corrected chi connectivity index (χ2v) is 6.56. The number of nitrogen functional groups attached to an aromatic ring is 2. The summed E-state index contributed by atoms with van der Waals surface area (Å²) in [6.07, 6.45) is 0. The van der Waals surface area contributed by atoms with Gasteiger partial charge in [0.25, 0.3) is 0 Å². The number of nitrogens with two attached hydrogens (primary N) is 2. The summed E-state index contributed by atoms with van der Waals surface area (Å²) in [6.45, 7) is 0. The van der Waals surface area contributed by atoms with Gasteiger partial charge in [-0.15, -0.1) is 0 Å². The van der Waals surface area contributed by atoms with Crippen molar-refractivity contribution in [1.82, 2.24) is 0 Å². The summed E-state index contributed by atoms with van der Waals surface area (Å²) in [5.41, 5.74) is 11.7. The molecule has 0 saturated carbocycles. The molecule has 0 atom stereocenters. The van der Waals surface area contributed by atoms with E-state index in [4.69, 9.17) is 21.7 Å². The molecule has 0 fully saturated rings. The Balaban J connectivity index is 0.000000220. The molecule has 6 nitrogen and oxygen atoms in total. The fraction of sp³-hybridized carbons (Fsp3) is 0. The van der Waals surface area contributed by atoms with Gasteiger partial charge in [0, 0.05) is 18.5 Å². The van der Waals surface area contributed by atoms with Crippen LogP contribution in [0.4, 0.5) is 11.4 Å². The Morgan fingerprint density at radius 2 is 1.09 bits per heavy atom. The second-order valence-electron chi connectivity index (χ2n) is 4.07. The van der Waals surface area contributed by atoms with Crippen molar-refractivity contribution in [2.75, 3.05) is 11.5 Å². The molecule has 6 N–H and O–H groups in total. The van der Waals surface area contributed by atoms with Crippen LogP contribution in [0.25, 0.3) is 0 Å². The highest BCUT2D eigenvalue weighted by atomic mass is 127. The Kier molecular flexibility index (Phi) is 6.87. The lowest BCUT2D eigenvalue weighted by atomic mass is 10.2. The Labute approximate surface area is 153 Å². The van der Waals surface area contributed by atoms with E-state index in [1.807, 2.05) is 45.2 Å². The maximum absolute atomic E-state index is 10.5. The quantitative estimate of drug-likeness (QED) is 0.352. The number of aromatic carboxylic acids is 2. The predicted octanol–water partition coefficient (Wildman–Crippen LogP) is 3.14. The number of carbonyl (C=O) groups is 2. The summed E-state index contributed by atoms with van der Waals surface area (Å²) >= 11 is 4.07. The van der Waals surface area contributed by atoms with Crippen molar-refractivity contribution in [3.8, 4) is 0 Å². The molecular formula is C14H12I2N2O4. The minimum atomic E-state index is -0.985. The summed E-state index contributed by atoms with van der Waals surface area (Å²) < 4.78 is 1.74. The van der Waals surface area contributed by atoms with Gasteiger partial charge < -0.3 is 21.7 Å². The summed E-state index contributed by atoms with van der Waals surface area (Å²) in [6, 6.07) is 9.79. The normalized spacial score (nSPS) is 9.55. The fourth-order valence-electron chi connectivity index (χ4n) is 1.43. The number of hydrogen-bond donors (Lipinski definition) is 4. The molecule has 0 heterocycles. The zero-order valence-corrected chi connectivity index (χ0v) is 15.4. The molecular weight excluding hydrogens is 514 g/mol. The molecule has 0 aliphatic rings. The molecule has 0 aliphatic carbocycles. The second kappa shape index (κ2) is 8.17. The molecule has 2 aromatic rings. The van der Waals surface area contributed by atoms with E-state index in [0.29, 0.717) is 11.4 Å². The molecule has 0 spiro atoms.